The number of aryl methyl sites for hydroxylation is 1. The van der Waals surface area contributed by atoms with E-state index in [2.05, 4.69) is 15.6 Å². The zero-order valence-electron chi connectivity index (χ0n) is 10.2. The van der Waals surface area contributed by atoms with E-state index in [-0.39, 0.29) is 11.9 Å². The highest BCUT2D eigenvalue weighted by molar-refractivity contribution is 7.13. The number of carbonyl (C=O) groups is 1. The van der Waals surface area contributed by atoms with E-state index in [1.807, 2.05) is 24.1 Å². The van der Waals surface area contributed by atoms with Crippen LogP contribution in [0, 0.1) is 6.92 Å². The van der Waals surface area contributed by atoms with Gasteiger partial charge in [0, 0.05) is 31.6 Å². The molecule has 1 unspecified atom stereocenters. The van der Waals surface area contributed by atoms with Gasteiger partial charge in [-0.15, -0.1) is 11.3 Å². The summed E-state index contributed by atoms with van der Waals surface area (Å²) in [6, 6.07) is -0.210. The lowest BCUT2D eigenvalue weighted by atomic mass is 10.2. The van der Waals surface area contributed by atoms with E-state index < -0.39 is 0 Å². The highest BCUT2D eigenvalue weighted by Gasteiger charge is 2.22. The number of hydrogen-bond donors (Lipinski definition) is 2. The number of carbonyl (C=O) groups excluding carboxylic acids is 1. The Morgan fingerprint density at radius 1 is 1.59 bits per heavy atom. The highest BCUT2D eigenvalue weighted by atomic mass is 32.1. The molecule has 0 bridgehead atoms. The van der Waals surface area contributed by atoms with Crippen LogP contribution in [0.2, 0.25) is 0 Å². The van der Waals surface area contributed by atoms with Gasteiger partial charge < -0.3 is 15.5 Å². The van der Waals surface area contributed by atoms with E-state index in [0.29, 0.717) is 0 Å². The normalized spacial score (nSPS) is 17.9. The Balaban J connectivity index is 1.90. The summed E-state index contributed by atoms with van der Waals surface area (Å²) in [5, 5.41) is 9.19. The molecule has 0 saturated carbocycles. The highest BCUT2D eigenvalue weighted by Crippen LogP contribution is 2.16. The number of piperazine rings is 1. The molecule has 2 N–H and O–H groups in total. The molecular formula is C11H18N4OS. The van der Waals surface area contributed by atoms with E-state index in [9.17, 15) is 4.79 Å². The molecule has 1 amide bonds. The summed E-state index contributed by atoms with van der Waals surface area (Å²) in [5.74, 6) is 0.152. The van der Waals surface area contributed by atoms with Crippen molar-refractivity contribution >= 4 is 22.4 Å². The van der Waals surface area contributed by atoms with Crippen molar-refractivity contribution < 1.29 is 4.79 Å². The van der Waals surface area contributed by atoms with Crippen LogP contribution in [0.1, 0.15) is 12.6 Å². The summed E-state index contributed by atoms with van der Waals surface area (Å²) in [4.78, 5) is 18.3. The summed E-state index contributed by atoms with van der Waals surface area (Å²) in [6.07, 6.45) is 0. The number of rotatable bonds is 3. The van der Waals surface area contributed by atoms with E-state index in [1.165, 1.54) is 11.3 Å². The number of nitrogens with zero attached hydrogens (tertiary/aromatic N) is 2. The second kappa shape index (κ2) is 5.46. The van der Waals surface area contributed by atoms with Crippen molar-refractivity contribution in [3.05, 3.63) is 11.1 Å². The first-order chi connectivity index (χ1) is 8.16. The predicted molar refractivity (Wildman–Crippen MR) is 69.4 cm³/mol. The molecule has 17 heavy (non-hydrogen) atoms. The van der Waals surface area contributed by atoms with E-state index >= 15 is 0 Å². The SMILES string of the molecule is Cc1csc(NC(C)C(=O)N2CCNCC2)n1. The molecular weight excluding hydrogens is 236 g/mol. The van der Waals surface area contributed by atoms with Crippen LogP contribution in [0.5, 0.6) is 0 Å². The summed E-state index contributed by atoms with van der Waals surface area (Å²) in [7, 11) is 0. The lowest BCUT2D eigenvalue weighted by Crippen LogP contribution is -2.50. The lowest BCUT2D eigenvalue weighted by Gasteiger charge is -2.29. The number of nitrogens with one attached hydrogen (secondary N) is 2. The predicted octanol–water partition coefficient (Wildman–Crippen LogP) is 0.684. The molecule has 0 aromatic carbocycles. The Morgan fingerprint density at radius 3 is 2.88 bits per heavy atom. The van der Waals surface area contributed by atoms with Gasteiger partial charge >= 0.3 is 0 Å². The van der Waals surface area contributed by atoms with Crippen LogP contribution in [-0.4, -0.2) is 48.0 Å². The zero-order chi connectivity index (χ0) is 12.3. The number of aromatic nitrogens is 1. The van der Waals surface area contributed by atoms with Crippen LogP contribution in [0.15, 0.2) is 5.38 Å². The molecule has 0 aliphatic carbocycles. The Labute approximate surface area is 105 Å². The van der Waals surface area contributed by atoms with Gasteiger partial charge in [-0.05, 0) is 13.8 Å². The molecule has 1 aromatic rings. The topological polar surface area (TPSA) is 57.3 Å². The third kappa shape index (κ3) is 3.17. The van der Waals surface area contributed by atoms with Crippen molar-refractivity contribution in [2.45, 2.75) is 19.9 Å². The summed E-state index contributed by atoms with van der Waals surface area (Å²) in [6.45, 7) is 7.19. The van der Waals surface area contributed by atoms with Crippen LogP contribution < -0.4 is 10.6 Å². The quantitative estimate of drug-likeness (QED) is 0.833. The molecule has 0 radical (unpaired) electrons. The van der Waals surface area contributed by atoms with Crippen LogP contribution in [0.25, 0.3) is 0 Å². The Hall–Kier alpha value is -1.14. The van der Waals surface area contributed by atoms with Gasteiger partial charge in [0.05, 0.1) is 5.69 Å². The first-order valence-electron chi connectivity index (χ1n) is 5.85. The molecule has 1 fully saturated rings. The van der Waals surface area contributed by atoms with Gasteiger partial charge in [-0.2, -0.15) is 0 Å². The number of hydrogen-bond acceptors (Lipinski definition) is 5. The Morgan fingerprint density at radius 2 is 2.29 bits per heavy atom. The average molecular weight is 254 g/mol. The third-order valence-corrected chi connectivity index (χ3v) is 3.65. The first kappa shape index (κ1) is 12.3. The fourth-order valence-electron chi connectivity index (χ4n) is 1.83. The minimum Gasteiger partial charge on any atom is -0.350 e. The third-order valence-electron chi connectivity index (χ3n) is 2.76. The summed E-state index contributed by atoms with van der Waals surface area (Å²) in [5.41, 5.74) is 0.985. The average Bonchev–Trinajstić information content (AvgIpc) is 2.75. The largest absolute Gasteiger partial charge is 0.350 e. The van der Waals surface area contributed by atoms with Gasteiger partial charge in [-0.3, -0.25) is 4.79 Å². The molecule has 2 heterocycles. The van der Waals surface area contributed by atoms with Crippen LogP contribution in [0.4, 0.5) is 5.13 Å². The van der Waals surface area contributed by atoms with Gasteiger partial charge in [0.2, 0.25) is 5.91 Å². The van der Waals surface area contributed by atoms with Gasteiger partial charge in [-0.1, -0.05) is 0 Å². The summed E-state index contributed by atoms with van der Waals surface area (Å²) >= 11 is 1.54. The molecule has 2 rings (SSSR count). The van der Waals surface area contributed by atoms with E-state index in [4.69, 9.17) is 0 Å². The Bertz CT molecular complexity index is 387. The minimum absolute atomic E-state index is 0.152. The fourth-order valence-corrected chi connectivity index (χ4v) is 2.60. The van der Waals surface area contributed by atoms with E-state index in [1.54, 1.807) is 0 Å². The molecule has 1 atom stereocenters. The standard InChI is InChI=1S/C11H18N4OS/c1-8-7-17-11(13-8)14-9(2)10(16)15-5-3-12-4-6-15/h7,9,12H,3-6H2,1-2H3,(H,13,14). The first-order valence-corrected chi connectivity index (χ1v) is 6.73. The number of thiazole rings is 1. The second-order valence-electron chi connectivity index (χ2n) is 4.24. The summed E-state index contributed by atoms with van der Waals surface area (Å²) < 4.78 is 0. The maximum atomic E-state index is 12.1. The van der Waals surface area contributed by atoms with Crippen LogP contribution >= 0.6 is 11.3 Å². The van der Waals surface area contributed by atoms with Gasteiger partial charge in [-0.25, -0.2) is 4.98 Å². The van der Waals surface area contributed by atoms with E-state index in [0.717, 1.165) is 37.0 Å². The van der Waals surface area contributed by atoms with Gasteiger partial charge in [0.1, 0.15) is 6.04 Å². The minimum atomic E-state index is -0.210. The lowest BCUT2D eigenvalue weighted by molar-refractivity contribution is -0.132. The van der Waals surface area contributed by atoms with Crippen LogP contribution in [0.3, 0.4) is 0 Å². The van der Waals surface area contributed by atoms with Gasteiger partial charge in [0.15, 0.2) is 5.13 Å². The monoisotopic (exact) mass is 254 g/mol. The molecule has 1 aromatic heterocycles. The van der Waals surface area contributed by atoms with Gasteiger partial charge in [0.25, 0.3) is 0 Å². The maximum Gasteiger partial charge on any atom is 0.244 e. The van der Waals surface area contributed by atoms with Crippen molar-refractivity contribution in [2.24, 2.45) is 0 Å². The van der Waals surface area contributed by atoms with Crippen LogP contribution in [-0.2, 0) is 4.79 Å². The molecule has 94 valence electrons. The van der Waals surface area contributed by atoms with Crippen molar-refractivity contribution in [2.75, 3.05) is 31.5 Å². The molecule has 1 aliphatic heterocycles. The van der Waals surface area contributed by atoms with Crippen molar-refractivity contribution in [3.8, 4) is 0 Å². The second-order valence-corrected chi connectivity index (χ2v) is 5.09. The number of anilines is 1. The van der Waals surface area contributed by atoms with Crippen molar-refractivity contribution in [1.29, 1.82) is 0 Å². The van der Waals surface area contributed by atoms with Crippen molar-refractivity contribution in [1.82, 2.24) is 15.2 Å². The maximum absolute atomic E-state index is 12.1. The Kier molecular flexibility index (Phi) is 3.96. The molecule has 0 spiro atoms. The zero-order valence-corrected chi connectivity index (χ0v) is 11.0. The fraction of sp³-hybridized carbons (Fsp3) is 0.636. The molecule has 5 nitrogen and oxygen atoms in total. The number of amides is 1. The van der Waals surface area contributed by atoms with Crippen molar-refractivity contribution in [3.63, 3.8) is 0 Å². The molecule has 1 aliphatic rings. The molecule has 6 heteroatoms. The molecule has 1 saturated heterocycles. The smallest absolute Gasteiger partial charge is 0.244 e.